The Morgan fingerprint density at radius 2 is 2.10 bits per heavy atom. The summed E-state index contributed by atoms with van der Waals surface area (Å²) in [6.07, 6.45) is 6.29. The normalized spacial score (nSPS) is 14.8. The molecule has 0 saturated heterocycles. The molecule has 1 N–H and O–H groups in total. The van der Waals surface area contributed by atoms with E-state index in [0.717, 1.165) is 38.9 Å². The second-order valence-corrected chi connectivity index (χ2v) is 9.30. The van der Waals surface area contributed by atoms with Gasteiger partial charge in [-0.2, -0.15) is 0 Å². The van der Waals surface area contributed by atoms with E-state index in [1.165, 1.54) is 32.1 Å². The SMILES string of the molecule is COc1cccc(NCc2nnc(SCc3csc(C)n3)n2C2CCCCC2)c1. The first-order valence-corrected chi connectivity index (χ1v) is 11.9. The molecule has 0 unspecified atom stereocenters. The largest absolute Gasteiger partial charge is 0.497 e. The monoisotopic (exact) mass is 429 g/mol. The van der Waals surface area contributed by atoms with Crippen molar-refractivity contribution < 1.29 is 4.74 Å². The number of methoxy groups -OCH3 is 1. The highest BCUT2D eigenvalue weighted by Crippen LogP contribution is 2.34. The number of benzene rings is 1. The lowest BCUT2D eigenvalue weighted by molar-refractivity contribution is 0.330. The van der Waals surface area contributed by atoms with E-state index in [2.05, 4.69) is 30.4 Å². The van der Waals surface area contributed by atoms with Gasteiger partial charge in [0.1, 0.15) is 5.75 Å². The van der Waals surface area contributed by atoms with E-state index < -0.39 is 0 Å². The van der Waals surface area contributed by atoms with E-state index in [9.17, 15) is 0 Å². The zero-order valence-electron chi connectivity index (χ0n) is 16.9. The summed E-state index contributed by atoms with van der Waals surface area (Å²) in [7, 11) is 1.69. The molecule has 6 nitrogen and oxygen atoms in total. The van der Waals surface area contributed by atoms with Crippen LogP contribution in [0.5, 0.6) is 5.75 Å². The number of nitrogens with one attached hydrogen (secondary N) is 1. The molecule has 3 aromatic rings. The van der Waals surface area contributed by atoms with Crippen LogP contribution in [0, 0.1) is 6.92 Å². The second kappa shape index (κ2) is 9.63. The Bertz CT molecular complexity index is 933. The van der Waals surface area contributed by atoms with E-state index in [4.69, 9.17) is 4.74 Å². The van der Waals surface area contributed by atoms with Crippen LogP contribution in [-0.4, -0.2) is 26.9 Å². The van der Waals surface area contributed by atoms with Crippen molar-refractivity contribution >= 4 is 28.8 Å². The molecule has 8 heteroatoms. The van der Waals surface area contributed by atoms with Crippen molar-refractivity contribution in [1.29, 1.82) is 0 Å². The fourth-order valence-electron chi connectivity index (χ4n) is 3.76. The molecule has 0 amide bonds. The predicted molar refractivity (Wildman–Crippen MR) is 119 cm³/mol. The fourth-order valence-corrected chi connectivity index (χ4v) is 5.39. The van der Waals surface area contributed by atoms with Gasteiger partial charge in [0, 0.05) is 28.9 Å². The molecule has 1 aliphatic carbocycles. The number of hydrogen-bond donors (Lipinski definition) is 1. The second-order valence-electron chi connectivity index (χ2n) is 7.29. The van der Waals surface area contributed by atoms with Gasteiger partial charge in [-0.05, 0) is 31.9 Å². The molecule has 0 atom stereocenters. The number of thioether (sulfide) groups is 1. The van der Waals surface area contributed by atoms with E-state index in [0.29, 0.717) is 12.6 Å². The summed E-state index contributed by atoms with van der Waals surface area (Å²) >= 11 is 3.44. The van der Waals surface area contributed by atoms with Gasteiger partial charge in [-0.1, -0.05) is 37.1 Å². The number of aromatic nitrogens is 4. The van der Waals surface area contributed by atoms with Crippen molar-refractivity contribution in [1.82, 2.24) is 19.7 Å². The van der Waals surface area contributed by atoms with Gasteiger partial charge >= 0.3 is 0 Å². The molecule has 2 aromatic heterocycles. The van der Waals surface area contributed by atoms with Crippen molar-refractivity contribution in [2.24, 2.45) is 0 Å². The molecule has 1 aliphatic rings. The first-order valence-electron chi connectivity index (χ1n) is 10.1. The van der Waals surface area contributed by atoms with E-state index >= 15 is 0 Å². The lowest BCUT2D eigenvalue weighted by atomic mass is 9.95. The molecule has 29 heavy (non-hydrogen) atoms. The lowest BCUT2D eigenvalue weighted by Gasteiger charge is -2.25. The summed E-state index contributed by atoms with van der Waals surface area (Å²) in [4.78, 5) is 4.58. The first kappa shape index (κ1) is 20.2. The van der Waals surface area contributed by atoms with E-state index in [1.807, 2.05) is 31.2 Å². The van der Waals surface area contributed by atoms with Gasteiger partial charge < -0.3 is 14.6 Å². The Morgan fingerprint density at radius 3 is 2.86 bits per heavy atom. The molecule has 0 radical (unpaired) electrons. The molecule has 0 spiro atoms. The maximum atomic E-state index is 5.32. The first-order chi connectivity index (χ1) is 14.2. The molecular weight excluding hydrogens is 402 g/mol. The molecule has 1 aromatic carbocycles. The van der Waals surface area contributed by atoms with E-state index in [1.54, 1.807) is 30.2 Å². The third-order valence-electron chi connectivity index (χ3n) is 5.21. The fraction of sp³-hybridized carbons (Fsp3) is 0.476. The number of aryl methyl sites for hydroxylation is 1. The zero-order chi connectivity index (χ0) is 20.1. The smallest absolute Gasteiger partial charge is 0.191 e. The van der Waals surface area contributed by atoms with Crippen LogP contribution < -0.4 is 10.1 Å². The van der Waals surface area contributed by atoms with Crippen molar-refractivity contribution in [3.05, 3.63) is 46.2 Å². The highest BCUT2D eigenvalue weighted by Gasteiger charge is 2.23. The van der Waals surface area contributed by atoms with Crippen molar-refractivity contribution in [3.63, 3.8) is 0 Å². The number of hydrogen-bond acceptors (Lipinski definition) is 7. The Balaban J connectivity index is 1.51. The average molecular weight is 430 g/mol. The van der Waals surface area contributed by atoms with Crippen LogP contribution in [0.15, 0.2) is 34.8 Å². The number of ether oxygens (including phenoxy) is 1. The summed E-state index contributed by atoms with van der Waals surface area (Å²) in [5, 5.41) is 16.8. The Labute approximate surface area is 180 Å². The Hall–Kier alpha value is -2.06. The maximum absolute atomic E-state index is 5.32. The van der Waals surface area contributed by atoms with Gasteiger partial charge in [-0.15, -0.1) is 21.5 Å². The van der Waals surface area contributed by atoms with Crippen LogP contribution in [0.3, 0.4) is 0 Å². The molecule has 0 bridgehead atoms. The Kier molecular flexibility index (Phi) is 6.71. The molecule has 0 aliphatic heterocycles. The van der Waals surface area contributed by atoms with Gasteiger partial charge in [0.2, 0.25) is 0 Å². The molecule has 154 valence electrons. The van der Waals surface area contributed by atoms with Gasteiger partial charge in [-0.25, -0.2) is 4.98 Å². The number of rotatable bonds is 8. The predicted octanol–water partition coefficient (Wildman–Crippen LogP) is 5.46. The minimum Gasteiger partial charge on any atom is -0.497 e. The maximum Gasteiger partial charge on any atom is 0.191 e. The molecule has 1 saturated carbocycles. The summed E-state index contributed by atoms with van der Waals surface area (Å²) in [5.74, 6) is 2.67. The van der Waals surface area contributed by atoms with Crippen molar-refractivity contribution in [2.75, 3.05) is 12.4 Å². The minimum absolute atomic E-state index is 0.487. The third kappa shape index (κ3) is 5.11. The zero-order valence-corrected chi connectivity index (χ0v) is 18.6. The molecular formula is C21H27N5OS2. The van der Waals surface area contributed by atoms with Crippen LogP contribution >= 0.6 is 23.1 Å². The Morgan fingerprint density at radius 1 is 1.24 bits per heavy atom. The van der Waals surface area contributed by atoms with E-state index in [-0.39, 0.29) is 0 Å². The van der Waals surface area contributed by atoms with Crippen molar-refractivity contribution in [2.45, 2.75) is 62.5 Å². The highest BCUT2D eigenvalue weighted by molar-refractivity contribution is 7.98. The van der Waals surface area contributed by atoms with Crippen molar-refractivity contribution in [3.8, 4) is 5.75 Å². The van der Waals surface area contributed by atoms with Crippen LogP contribution in [-0.2, 0) is 12.3 Å². The van der Waals surface area contributed by atoms with Crippen LogP contribution in [0.4, 0.5) is 5.69 Å². The summed E-state index contributed by atoms with van der Waals surface area (Å²) in [5.41, 5.74) is 2.14. The molecule has 4 rings (SSSR count). The van der Waals surface area contributed by atoms with Gasteiger partial charge in [0.05, 0.1) is 24.4 Å². The van der Waals surface area contributed by atoms with Gasteiger partial charge in [0.25, 0.3) is 0 Å². The minimum atomic E-state index is 0.487. The summed E-state index contributed by atoms with van der Waals surface area (Å²) in [6.45, 7) is 2.69. The third-order valence-corrected chi connectivity index (χ3v) is 7.01. The standard InChI is InChI=1S/C21H27N5OS2/c1-15-23-17(13-28-15)14-29-21-25-24-20(26(21)18-8-4-3-5-9-18)12-22-16-7-6-10-19(11-16)27-2/h6-7,10-11,13,18,22H,3-5,8-9,12,14H2,1-2H3. The van der Waals surface area contributed by atoms with Crippen LogP contribution in [0.2, 0.25) is 0 Å². The van der Waals surface area contributed by atoms with Gasteiger partial charge in [0.15, 0.2) is 11.0 Å². The highest BCUT2D eigenvalue weighted by atomic mass is 32.2. The average Bonchev–Trinajstić information content (AvgIpc) is 3.37. The number of nitrogens with zero attached hydrogens (tertiary/aromatic N) is 4. The van der Waals surface area contributed by atoms with Crippen LogP contribution in [0.25, 0.3) is 0 Å². The summed E-state index contributed by atoms with van der Waals surface area (Å²) in [6, 6.07) is 8.47. The number of anilines is 1. The molecule has 1 fully saturated rings. The quantitative estimate of drug-likeness (QED) is 0.480. The molecule has 2 heterocycles. The number of thiazole rings is 1. The topological polar surface area (TPSA) is 64.9 Å². The lowest BCUT2D eigenvalue weighted by Crippen LogP contribution is -2.18. The van der Waals surface area contributed by atoms with Gasteiger partial charge in [-0.3, -0.25) is 0 Å². The summed E-state index contributed by atoms with van der Waals surface area (Å²) < 4.78 is 7.70. The van der Waals surface area contributed by atoms with Crippen LogP contribution in [0.1, 0.15) is 54.7 Å².